The predicted octanol–water partition coefficient (Wildman–Crippen LogP) is 14.8. The van der Waals surface area contributed by atoms with Crippen LogP contribution in [0.3, 0.4) is 0 Å². The Morgan fingerprint density at radius 3 is 2.12 bits per heavy atom. The van der Waals surface area contributed by atoms with Crippen LogP contribution < -0.4 is 0 Å². The van der Waals surface area contributed by atoms with Gasteiger partial charge in [0, 0.05) is 53.3 Å². The van der Waals surface area contributed by atoms with Gasteiger partial charge in [0.15, 0.2) is 0 Å². The molecule has 4 heteroatoms. The van der Waals surface area contributed by atoms with Gasteiger partial charge in [-0.05, 0) is 113 Å². The Bertz CT molecular complexity index is 3400. The van der Waals surface area contributed by atoms with Crippen molar-refractivity contribution in [2.24, 2.45) is 0 Å². The van der Waals surface area contributed by atoms with Gasteiger partial charge < -0.3 is 8.98 Å². The smallest absolute Gasteiger partial charge is 0.136 e. The van der Waals surface area contributed by atoms with Crippen molar-refractivity contribution < 1.29 is 4.42 Å². The number of allylic oxidation sites excluding steroid dienone is 1. The zero-order valence-corrected chi connectivity index (χ0v) is 31.8. The number of nitrogens with zero attached hydrogens (tertiary/aromatic N) is 2. The maximum Gasteiger partial charge on any atom is 0.136 e. The molecule has 0 atom stereocenters. The summed E-state index contributed by atoms with van der Waals surface area (Å²) in [6.07, 6.45) is 4.49. The number of thiophene rings is 1. The molecule has 0 amide bonds. The van der Waals surface area contributed by atoms with Gasteiger partial charge in [-0.25, -0.2) is 4.98 Å². The fourth-order valence-corrected chi connectivity index (χ4v) is 10.2. The molecule has 11 aromatic rings. The third-order valence-corrected chi connectivity index (χ3v) is 12.9. The van der Waals surface area contributed by atoms with Crippen LogP contribution in [-0.4, -0.2) is 9.55 Å². The van der Waals surface area contributed by atoms with E-state index in [1.807, 2.05) is 23.5 Å². The topological polar surface area (TPSA) is 31.0 Å². The number of aryl methyl sites for hydroxylation is 1. The molecule has 0 bridgehead atoms. The van der Waals surface area contributed by atoms with Crippen LogP contribution in [0, 0.1) is 0 Å². The van der Waals surface area contributed by atoms with Crippen molar-refractivity contribution in [3.63, 3.8) is 0 Å². The van der Waals surface area contributed by atoms with E-state index in [0.29, 0.717) is 0 Å². The van der Waals surface area contributed by atoms with Crippen molar-refractivity contribution >= 4 is 76.8 Å². The molecule has 7 aromatic carbocycles. The summed E-state index contributed by atoms with van der Waals surface area (Å²) in [5.41, 5.74) is 15.8. The van der Waals surface area contributed by atoms with Crippen molar-refractivity contribution in [3.05, 3.63) is 192 Å². The molecule has 0 fully saturated rings. The fourth-order valence-electron chi connectivity index (χ4n) is 9.02. The number of hydrogen-bond donors (Lipinski definition) is 0. The summed E-state index contributed by atoms with van der Waals surface area (Å²) in [4.78, 5) is 6.89. The third kappa shape index (κ3) is 5.22. The van der Waals surface area contributed by atoms with Crippen molar-refractivity contribution in [2.45, 2.75) is 12.8 Å². The molecule has 268 valence electrons. The van der Waals surface area contributed by atoms with Crippen LogP contribution in [0.4, 0.5) is 0 Å². The van der Waals surface area contributed by atoms with Gasteiger partial charge in [0.25, 0.3) is 0 Å². The lowest BCUT2D eigenvalue weighted by molar-refractivity contribution is 0.669. The standard InChI is InChI=1S/C53H34N2OS/c1-3-12-33(13-4-1)37-30-45(36-22-25-41-40-17-8-10-20-49(40)56-50(41)32-36)54-46(31-37)42-18-11-21-52-53(42)44-29-35(24-27-51(44)57-52)34-23-26-48-43(28-34)39-16-7-9-19-47(39)55(48)38-14-5-2-6-15-38/h1-23,25-26,28-32H,24,27H2. The molecule has 12 rings (SSSR count). The molecular weight excluding hydrogens is 713 g/mol. The summed E-state index contributed by atoms with van der Waals surface area (Å²) in [5.74, 6) is 0. The van der Waals surface area contributed by atoms with E-state index in [-0.39, 0.29) is 0 Å². The van der Waals surface area contributed by atoms with E-state index in [2.05, 4.69) is 174 Å². The zero-order valence-electron chi connectivity index (χ0n) is 30.9. The lowest BCUT2D eigenvalue weighted by Gasteiger charge is -2.16. The summed E-state index contributed by atoms with van der Waals surface area (Å²) in [6.45, 7) is 0. The van der Waals surface area contributed by atoms with E-state index in [0.717, 1.165) is 68.4 Å². The zero-order chi connectivity index (χ0) is 37.5. The molecule has 4 heterocycles. The quantitative estimate of drug-likeness (QED) is 0.176. The molecule has 0 spiro atoms. The van der Waals surface area contributed by atoms with E-state index in [9.17, 15) is 0 Å². The van der Waals surface area contributed by atoms with Crippen molar-refractivity contribution in [1.82, 2.24) is 9.55 Å². The van der Waals surface area contributed by atoms with Crippen molar-refractivity contribution in [1.29, 1.82) is 0 Å². The van der Waals surface area contributed by atoms with Gasteiger partial charge in [-0.2, -0.15) is 0 Å². The van der Waals surface area contributed by atoms with Gasteiger partial charge in [0.05, 0.1) is 22.4 Å². The highest BCUT2D eigenvalue weighted by atomic mass is 32.1. The molecule has 0 saturated carbocycles. The first-order valence-electron chi connectivity index (χ1n) is 19.6. The molecule has 57 heavy (non-hydrogen) atoms. The summed E-state index contributed by atoms with van der Waals surface area (Å²) < 4.78 is 10.0. The molecular formula is C53H34N2OS. The van der Waals surface area contributed by atoms with Gasteiger partial charge in [-0.15, -0.1) is 11.3 Å². The van der Waals surface area contributed by atoms with E-state index in [4.69, 9.17) is 9.40 Å². The Morgan fingerprint density at radius 1 is 0.491 bits per heavy atom. The summed E-state index contributed by atoms with van der Waals surface area (Å²) >= 11 is 1.93. The monoisotopic (exact) mass is 746 g/mol. The van der Waals surface area contributed by atoms with Crippen LogP contribution in [-0.2, 0) is 6.42 Å². The SMILES string of the molecule is C1=C(c2ccc3c(c2)c2ccccc2n3-c2ccccc2)CCc2sc3cccc(-c4cc(-c5ccccc5)cc(-c5ccc6c(c5)oc5ccccc56)n4)c3c21. The first-order valence-corrected chi connectivity index (χ1v) is 20.4. The molecule has 1 aliphatic carbocycles. The van der Waals surface area contributed by atoms with Gasteiger partial charge in [0.1, 0.15) is 11.2 Å². The average Bonchev–Trinajstić information content (AvgIpc) is 3.95. The highest BCUT2D eigenvalue weighted by Gasteiger charge is 2.22. The molecule has 0 aliphatic heterocycles. The van der Waals surface area contributed by atoms with Gasteiger partial charge in [-0.3, -0.25) is 0 Å². The molecule has 0 N–H and O–H groups in total. The lowest BCUT2D eigenvalue weighted by atomic mass is 9.89. The Kier molecular flexibility index (Phi) is 7.23. The van der Waals surface area contributed by atoms with Crippen molar-refractivity contribution in [3.8, 4) is 39.3 Å². The molecule has 4 aromatic heterocycles. The van der Waals surface area contributed by atoms with Crippen molar-refractivity contribution in [2.75, 3.05) is 0 Å². The Hall–Kier alpha value is -7.01. The Morgan fingerprint density at radius 2 is 1.23 bits per heavy atom. The number of pyridine rings is 1. The molecule has 1 aliphatic rings. The first kappa shape index (κ1) is 32.3. The predicted molar refractivity (Wildman–Crippen MR) is 240 cm³/mol. The van der Waals surface area contributed by atoms with Gasteiger partial charge in [-0.1, -0.05) is 109 Å². The molecule has 3 nitrogen and oxygen atoms in total. The van der Waals surface area contributed by atoms with Crippen LogP contribution in [0.1, 0.15) is 22.4 Å². The average molecular weight is 747 g/mol. The van der Waals surface area contributed by atoms with Crippen LogP contribution in [0.2, 0.25) is 0 Å². The highest BCUT2D eigenvalue weighted by Crippen LogP contribution is 2.45. The number of hydrogen-bond acceptors (Lipinski definition) is 3. The number of aromatic nitrogens is 2. The summed E-state index contributed by atoms with van der Waals surface area (Å²) in [5, 5.41) is 6.09. The van der Waals surface area contributed by atoms with Gasteiger partial charge in [0.2, 0.25) is 0 Å². The first-order chi connectivity index (χ1) is 28.2. The normalized spacial score (nSPS) is 12.9. The minimum atomic E-state index is 0.872. The second-order valence-corrected chi connectivity index (χ2v) is 16.1. The van der Waals surface area contributed by atoms with E-state index < -0.39 is 0 Å². The summed E-state index contributed by atoms with van der Waals surface area (Å²) in [7, 11) is 0. The number of para-hydroxylation sites is 3. The largest absolute Gasteiger partial charge is 0.456 e. The number of benzene rings is 7. The number of furan rings is 1. The van der Waals surface area contributed by atoms with E-state index >= 15 is 0 Å². The second kappa shape index (κ2) is 12.8. The molecule has 0 radical (unpaired) electrons. The maximum absolute atomic E-state index is 6.33. The van der Waals surface area contributed by atoms with E-state index in [1.54, 1.807) is 0 Å². The Labute approximate surface area is 333 Å². The molecule has 0 unspecified atom stereocenters. The van der Waals surface area contributed by atoms with Crippen LogP contribution in [0.15, 0.2) is 180 Å². The third-order valence-electron chi connectivity index (χ3n) is 11.7. The van der Waals surface area contributed by atoms with Crippen LogP contribution >= 0.6 is 11.3 Å². The second-order valence-electron chi connectivity index (χ2n) is 15.0. The maximum atomic E-state index is 6.33. The number of fused-ring (bicyclic) bond motifs is 9. The van der Waals surface area contributed by atoms with E-state index in [1.165, 1.54) is 59.2 Å². The van der Waals surface area contributed by atoms with Gasteiger partial charge >= 0.3 is 0 Å². The minimum Gasteiger partial charge on any atom is -0.456 e. The number of rotatable bonds is 5. The lowest BCUT2D eigenvalue weighted by Crippen LogP contribution is -1.97. The van der Waals surface area contributed by atoms with Crippen LogP contribution in [0.25, 0.3) is 105 Å². The highest BCUT2D eigenvalue weighted by molar-refractivity contribution is 7.19. The summed E-state index contributed by atoms with van der Waals surface area (Å²) in [6, 6.07) is 63.1. The fraction of sp³-hybridized carbons (Fsp3) is 0.0377. The Balaban J connectivity index is 1.02. The minimum absolute atomic E-state index is 0.872. The molecule has 0 saturated heterocycles. The van der Waals surface area contributed by atoms with Crippen LogP contribution in [0.5, 0.6) is 0 Å².